The van der Waals surface area contributed by atoms with Gasteiger partial charge >= 0.3 is 0 Å². The summed E-state index contributed by atoms with van der Waals surface area (Å²) in [4.78, 5) is 4.24. The summed E-state index contributed by atoms with van der Waals surface area (Å²) in [5.41, 5.74) is 0.580. The van der Waals surface area contributed by atoms with Crippen molar-refractivity contribution in [3.05, 3.63) is 72.1 Å². The van der Waals surface area contributed by atoms with Gasteiger partial charge in [-0.05, 0) is 42.0 Å². The highest BCUT2D eigenvalue weighted by Gasteiger charge is 2.26. The molecule has 0 aliphatic carbocycles. The maximum absolute atomic E-state index is 13.2. The van der Waals surface area contributed by atoms with E-state index in [0.717, 1.165) is 12.1 Å². The average Bonchev–Trinajstić information content (AvgIpc) is 3.11. The van der Waals surface area contributed by atoms with Gasteiger partial charge < -0.3 is 14.0 Å². The van der Waals surface area contributed by atoms with E-state index < -0.39 is 21.9 Å². The molecule has 148 valence electrons. The average molecular weight is 405 g/mol. The van der Waals surface area contributed by atoms with E-state index in [0.29, 0.717) is 22.9 Å². The van der Waals surface area contributed by atoms with Crippen LogP contribution in [0.15, 0.2) is 59.8 Å². The zero-order chi connectivity index (χ0) is 20.3. The van der Waals surface area contributed by atoms with E-state index in [1.54, 1.807) is 42.2 Å². The van der Waals surface area contributed by atoms with Crippen molar-refractivity contribution in [1.82, 2.24) is 14.3 Å². The first kappa shape index (κ1) is 19.8. The Hall–Kier alpha value is -2.91. The third-order valence-electron chi connectivity index (χ3n) is 4.22. The number of hydrogen-bond donors (Lipinski definition) is 1. The van der Waals surface area contributed by atoms with Gasteiger partial charge in [-0.3, -0.25) is 0 Å². The van der Waals surface area contributed by atoms with Crippen molar-refractivity contribution >= 4 is 10.0 Å². The van der Waals surface area contributed by atoms with Crippen molar-refractivity contribution in [3.63, 3.8) is 0 Å². The predicted octanol–water partition coefficient (Wildman–Crippen LogP) is 2.64. The van der Waals surface area contributed by atoms with E-state index in [2.05, 4.69) is 9.71 Å². The molecular formula is C19H20FN3O4S. The van der Waals surface area contributed by atoms with Crippen LogP contribution >= 0.6 is 0 Å². The fourth-order valence-electron chi connectivity index (χ4n) is 2.76. The second kappa shape index (κ2) is 7.99. The summed E-state index contributed by atoms with van der Waals surface area (Å²) in [5.74, 6) is 0.974. The SMILES string of the molecule is COc1cc(OC)cc(C(NS(=O)(=O)c2ccc(F)cc2)c2nccn2C)c1. The summed E-state index contributed by atoms with van der Waals surface area (Å²) in [6, 6.07) is 8.88. The molecular weight excluding hydrogens is 385 g/mol. The number of methoxy groups -OCH3 is 2. The molecule has 3 aromatic rings. The number of nitrogens with one attached hydrogen (secondary N) is 1. The first-order chi connectivity index (χ1) is 13.3. The quantitative estimate of drug-likeness (QED) is 0.654. The van der Waals surface area contributed by atoms with E-state index in [9.17, 15) is 12.8 Å². The van der Waals surface area contributed by atoms with Crippen LogP contribution in [0.4, 0.5) is 4.39 Å². The summed E-state index contributed by atoms with van der Waals surface area (Å²) < 4.78 is 54.0. The molecule has 1 heterocycles. The number of imidazole rings is 1. The molecule has 7 nitrogen and oxygen atoms in total. The first-order valence-electron chi connectivity index (χ1n) is 8.32. The minimum Gasteiger partial charge on any atom is -0.497 e. The lowest BCUT2D eigenvalue weighted by Crippen LogP contribution is -2.31. The summed E-state index contributed by atoms with van der Waals surface area (Å²) in [6.45, 7) is 0. The molecule has 1 atom stereocenters. The molecule has 0 fully saturated rings. The molecule has 1 aromatic heterocycles. The number of rotatable bonds is 7. The van der Waals surface area contributed by atoms with Gasteiger partial charge in [0.2, 0.25) is 10.0 Å². The molecule has 0 aliphatic rings. The molecule has 1 N–H and O–H groups in total. The van der Waals surface area contributed by atoms with Crippen molar-refractivity contribution in [1.29, 1.82) is 0 Å². The topological polar surface area (TPSA) is 82.4 Å². The van der Waals surface area contributed by atoms with Crippen LogP contribution in [0.5, 0.6) is 11.5 Å². The van der Waals surface area contributed by atoms with E-state index in [4.69, 9.17) is 9.47 Å². The number of benzene rings is 2. The van der Waals surface area contributed by atoms with Gasteiger partial charge in [0.05, 0.1) is 19.1 Å². The van der Waals surface area contributed by atoms with E-state index in [1.807, 2.05) is 0 Å². The number of sulfonamides is 1. The van der Waals surface area contributed by atoms with Crippen LogP contribution in [0, 0.1) is 5.82 Å². The van der Waals surface area contributed by atoms with Gasteiger partial charge in [0, 0.05) is 25.5 Å². The van der Waals surface area contributed by atoms with Crippen LogP contribution in [0.1, 0.15) is 17.4 Å². The molecule has 3 rings (SSSR count). The first-order valence-corrected chi connectivity index (χ1v) is 9.80. The monoisotopic (exact) mass is 405 g/mol. The Bertz CT molecular complexity index is 1040. The van der Waals surface area contributed by atoms with E-state index in [-0.39, 0.29) is 4.90 Å². The fourth-order valence-corrected chi connectivity index (χ4v) is 3.94. The number of aromatic nitrogens is 2. The van der Waals surface area contributed by atoms with E-state index >= 15 is 0 Å². The van der Waals surface area contributed by atoms with Crippen LogP contribution in [-0.4, -0.2) is 32.2 Å². The molecule has 28 heavy (non-hydrogen) atoms. The highest BCUT2D eigenvalue weighted by molar-refractivity contribution is 7.89. The zero-order valence-corrected chi connectivity index (χ0v) is 16.4. The third kappa shape index (κ3) is 4.15. The third-order valence-corrected chi connectivity index (χ3v) is 5.66. The van der Waals surface area contributed by atoms with Crippen LogP contribution in [0.3, 0.4) is 0 Å². The normalized spacial score (nSPS) is 12.6. The summed E-state index contributed by atoms with van der Waals surface area (Å²) in [7, 11) is 0.827. The van der Waals surface area contributed by atoms with Crippen LogP contribution in [0.25, 0.3) is 0 Å². The van der Waals surface area contributed by atoms with Crippen molar-refractivity contribution in [2.45, 2.75) is 10.9 Å². The number of nitrogens with zero attached hydrogens (tertiary/aromatic N) is 2. The highest BCUT2D eigenvalue weighted by Crippen LogP contribution is 2.30. The minimum absolute atomic E-state index is 0.0528. The Balaban J connectivity index is 2.09. The number of hydrogen-bond acceptors (Lipinski definition) is 5. The number of ether oxygens (including phenoxy) is 2. The second-order valence-corrected chi connectivity index (χ2v) is 7.76. The van der Waals surface area contributed by atoms with Crippen molar-refractivity contribution < 1.29 is 22.3 Å². The zero-order valence-electron chi connectivity index (χ0n) is 15.6. The lowest BCUT2D eigenvalue weighted by atomic mass is 10.1. The van der Waals surface area contributed by atoms with Gasteiger partial charge in [-0.1, -0.05) is 0 Å². The van der Waals surface area contributed by atoms with Gasteiger partial charge in [0.15, 0.2) is 0 Å². The predicted molar refractivity (Wildman–Crippen MR) is 101 cm³/mol. The molecule has 1 unspecified atom stereocenters. The molecule has 0 saturated heterocycles. The lowest BCUT2D eigenvalue weighted by Gasteiger charge is -2.20. The van der Waals surface area contributed by atoms with Crippen molar-refractivity contribution in [3.8, 4) is 11.5 Å². The van der Waals surface area contributed by atoms with Crippen LogP contribution < -0.4 is 14.2 Å². The second-order valence-electron chi connectivity index (χ2n) is 6.05. The Morgan fingerprint density at radius 3 is 2.18 bits per heavy atom. The summed E-state index contributed by atoms with van der Waals surface area (Å²) in [5, 5.41) is 0. The smallest absolute Gasteiger partial charge is 0.241 e. The van der Waals surface area contributed by atoms with Gasteiger partial charge in [0.1, 0.15) is 29.2 Å². The van der Waals surface area contributed by atoms with E-state index in [1.165, 1.54) is 26.4 Å². The molecule has 0 aliphatic heterocycles. The Kier molecular flexibility index (Phi) is 5.66. The van der Waals surface area contributed by atoms with Gasteiger partial charge in [-0.15, -0.1) is 0 Å². The number of halogens is 1. The van der Waals surface area contributed by atoms with Crippen molar-refractivity contribution in [2.24, 2.45) is 7.05 Å². The Morgan fingerprint density at radius 2 is 1.68 bits per heavy atom. The molecule has 0 spiro atoms. The van der Waals surface area contributed by atoms with Crippen LogP contribution in [0.2, 0.25) is 0 Å². The fraction of sp³-hybridized carbons (Fsp3) is 0.211. The standard InChI is InChI=1S/C19H20FN3O4S/c1-23-9-8-21-19(23)18(13-10-15(26-2)12-16(11-13)27-3)22-28(24,25)17-6-4-14(20)5-7-17/h4-12,18,22H,1-3H3. The van der Waals surface area contributed by atoms with Gasteiger partial charge in [0.25, 0.3) is 0 Å². The largest absolute Gasteiger partial charge is 0.497 e. The molecule has 0 amide bonds. The highest BCUT2D eigenvalue weighted by atomic mass is 32.2. The molecule has 0 saturated carbocycles. The minimum atomic E-state index is -3.96. The maximum Gasteiger partial charge on any atom is 0.241 e. The van der Waals surface area contributed by atoms with Gasteiger partial charge in [-0.25, -0.2) is 17.8 Å². The summed E-state index contributed by atoms with van der Waals surface area (Å²) >= 11 is 0. The van der Waals surface area contributed by atoms with Gasteiger partial charge in [-0.2, -0.15) is 4.72 Å². The maximum atomic E-state index is 13.2. The number of aryl methyl sites for hydroxylation is 1. The Labute approximate surface area is 162 Å². The van der Waals surface area contributed by atoms with Crippen LogP contribution in [-0.2, 0) is 17.1 Å². The van der Waals surface area contributed by atoms with Crippen molar-refractivity contribution in [2.75, 3.05) is 14.2 Å². The molecule has 0 bridgehead atoms. The Morgan fingerprint density at radius 1 is 1.07 bits per heavy atom. The molecule has 9 heteroatoms. The lowest BCUT2D eigenvalue weighted by molar-refractivity contribution is 0.392. The molecule has 2 aromatic carbocycles. The molecule has 0 radical (unpaired) electrons. The summed E-state index contributed by atoms with van der Waals surface area (Å²) in [6.07, 6.45) is 3.29.